The maximum Gasteiger partial charge on any atom is 0.306 e. The summed E-state index contributed by atoms with van der Waals surface area (Å²) in [6.07, 6.45) is 18.0. The Morgan fingerprint density at radius 3 is 2.49 bits per heavy atom. The van der Waals surface area contributed by atoms with Gasteiger partial charge in [0, 0.05) is 6.42 Å². The van der Waals surface area contributed by atoms with Crippen LogP contribution >= 0.6 is 0 Å². The molecule has 0 radical (unpaired) electrons. The van der Waals surface area contributed by atoms with Gasteiger partial charge in [0.05, 0.1) is 12.8 Å². The average Bonchev–Trinajstić information content (AvgIpc) is 3.20. The van der Waals surface area contributed by atoms with Crippen molar-refractivity contribution in [3.05, 3.63) is 23.8 Å². The molecule has 0 aliphatic heterocycles. The Morgan fingerprint density at radius 2 is 1.81 bits per heavy atom. The number of carboxylic acid groups (broad SMARTS) is 1. The van der Waals surface area contributed by atoms with Gasteiger partial charge in [-0.1, -0.05) is 65.3 Å². The van der Waals surface area contributed by atoms with Crippen LogP contribution in [0.2, 0.25) is 0 Å². The topological polar surface area (TPSA) is 63.6 Å². The van der Waals surface area contributed by atoms with E-state index in [4.69, 9.17) is 9.84 Å². The summed E-state index contributed by atoms with van der Waals surface area (Å²) < 4.78 is 5.71. The Kier molecular flexibility index (Phi) is 8.65. The average molecular weight is 513 g/mol. The molecule has 4 rings (SSSR count). The van der Waals surface area contributed by atoms with Gasteiger partial charge in [-0.15, -0.1) is 0 Å². The van der Waals surface area contributed by atoms with Crippen LogP contribution in [-0.2, 0) is 14.3 Å². The normalized spacial score (nSPS) is 38.9. The number of fused-ring (bicyclic) bond motifs is 5. The summed E-state index contributed by atoms with van der Waals surface area (Å²) in [6, 6.07) is 0. The number of aliphatic carboxylic acids is 1. The van der Waals surface area contributed by atoms with E-state index in [9.17, 15) is 9.59 Å². The van der Waals surface area contributed by atoms with Crippen LogP contribution in [0.5, 0.6) is 0 Å². The number of esters is 1. The van der Waals surface area contributed by atoms with E-state index < -0.39 is 5.97 Å². The number of hydrogen-bond donors (Lipinski definition) is 1. The number of hydrogen-bond acceptors (Lipinski definition) is 3. The van der Waals surface area contributed by atoms with Crippen LogP contribution in [0.3, 0.4) is 0 Å². The highest BCUT2D eigenvalue weighted by atomic mass is 16.5. The maximum absolute atomic E-state index is 12.2. The van der Waals surface area contributed by atoms with E-state index in [1.807, 2.05) is 0 Å². The van der Waals surface area contributed by atoms with Gasteiger partial charge in [0.2, 0.25) is 0 Å². The molecule has 0 aromatic carbocycles. The smallest absolute Gasteiger partial charge is 0.306 e. The van der Waals surface area contributed by atoms with Crippen molar-refractivity contribution in [3.63, 3.8) is 0 Å². The van der Waals surface area contributed by atoms with Crippen LogP contribution in [-0.4, -0.2) is 23.1 Å². The lowest BCUT2D eigenvalue weighted by atomic mass is 9.47. The first-order valence-electron chi connectivity index (χ1n) is 15.3. The molecule has 0 heterocycles. The summed E-state index contributed by atoms with van der Waals surface area (Å²) in [6.45, 7) is 14.6. The molecule has 3 saturated carbocycles. The molecule has 0 aromatic heterocycles. The Balaban J connectivity index is 1.43. The lowest BCUT2D eigenvalue weighted by molar-refractivity contribution is -0.154. The van der Waals surface area contributed by atoms with Gasteiger partial charge in [-0.25, -0.2) is 0 Å². The molecular weight excluding hydrogens is 460 g/mol. The van der Waals surface area contributed by atoms with Crippen molar-refractivity contribution in [2.75, 3.05) is 0 Å². The first-order chi connectivity index (χ1) is 17.5. The first-order valence-corrected chi connectivity index (χ1v) is 15.3. The monoisotopic (exact) mass is 512 g/mol. The quantitative estimate of drug-likeness (QED) is 0.250. The number of carbonyl (C=O) groups excluding carboxylic acids is 1. The Labute approximate surface area is 225 Å². The van der Waals surface area contributed by atoms with Crippen LogP contribution in [0.4, 0.5) is 0 Å². The van der Waals surface area contributed by atoms with Crippen LogP contribution in [0.1, 0.15) is 112 Å². The van der Waals surface area contributed by atoms with Gasteiger partial charge in [0.1, 0.15) is 6.10 Å². The molecule has 0 amide bonds. The SMILES string of the molecule is CC[C@H](/C=C/[C@@H](C)[C@H]1CC[C@H]2[C@@H]3CC=C4C[C@@H](OC(=O)CCC(=O)O)CC[C@]4(C)[C@H]3CC[C@]12C)C(C)C. The summed E-state index contributed by atoms with van der Waals surface area (Å²) in [5.74, 6) is 3.87. The van der Waals surface area contributed by atoms with E-state index in [1.165, 1.54) is 44.1 Å². The summed E-state index contributed by atoms with van der Waals surface area (Å²) in [7, 11) is 0. The maximum atomic E-state index is 12.2. The van der Waals surface area contributed by atoms with E-state index in [-0.39, 0.29) is 30.3 Å². The molecule has 4 heteroatoms. The fraction of sp³-hybridized carbons (Fsp3) is 0.818. The zero-order valence-corrected chi connectivity index (χ0v) is 24.3. The van der Waals surface area contributed by atoms with Crippen LogP contribution < -0.4 is 0 Å². The zero-order chi connectivity index (χ0) is 27.0. The van der Waals surface area contributed by atoms with Gasteiger partial charge in [0.25, 0.3) is 0 Å². The molecule has 4 aliphatic rings. The molecule has 4 aliphatic carbocycles. The third-order valence-corrected chi connectivity index (χ3v) is 11.6. The number of carbonyl (C=O) groups is 2. The van der Waals surface area contributed by atoms with Crippen molar-refractivity contribution in [1.82, 2.24) is 0 Å². The van der Waals surface area contributed by atoms with Crippen LogP contribution in [0.25, 0.3) is 0 Å². The van der Waals surface area contributed by atoms with Crippen molar-refractivity contribution >= 4 is 11.9 Å². The number of ether oxygens (including phenoxy) is 1. The molecule has 3 fully saturated rings. The van der Waals surface area contributed by atoms with Crippen molar-refractivity contribution < 1.29 is 19.4 Å². The number of allylic oxidation sites excluding steroid dienone is 3. The van der Waals surface area contributed by atoms with Gasteiger partial charge in [-0.05, 0) is 104 Å². The standard InChI is InChI=1S/C33H52O4/c1-7-23(21(2)3)9-8-22(4)27-12-13-28-26-11-10-24-20-25(37-31(36)15-14-30(34)35)16-18-32(24,5)29(26)17-19-33(27,28)6/h8-10,21-23,25-29H,7,11-20H2,1-6H3,(H,34,35)/b9-8+/t22-,23-,25+,26+,27-,28+,29+,32+,33-/m1/s1. The molecule has 4 nitrogen and oxygen atoms in total. The molecular formula is C33H52O4. The lowest BCUT2D eigenvalue weighted by Crippen LogP contribution is -2.51. The highest BCUT2D eigenvalue weighted by molar-refractivity contribution is 5.76. The summed E-state index contributed by atoms with van der Waals surface area (Å²) in [4.78, 5) is 22.9. The molecule has 9 atom stereocenters. The molecule has 0 unspecified atom stereocenters. The number of carboxylic acids is 1. The van der Waals surface area contributed by atoms with Crippen molar-refractivity contribution in [1.29, 1.82) is 0 Å². The lowest BCUT2D eigenvalue weighted by Gasteiger charge is -2.58. The first kappa shape index (κ1) is 28.4. The minimum atomic E-state index is -0.946. The Bertz CT molecular complexity index is 902. The second-order valence-electron chi connectivity index (χ2n) is 13.8. The molecule has 37 heavy (non-hydrogen) atoms. The van der Waals surface area contributed by atoms with Gasteiger partial charge >= 0.3 is 11.9 Å². The van der Waals surface area contributed by atoms with Gasteiger partial charge in [-0.3, -0.25) is 9.59 Å². The molecule has 0 aromatic rings. The Morgan fingerprint density at radius 1 is 1.05 bits per heavy atom. The highest BCUT2D eigenvalue weighted by Gasteiger charge is 2.59. The number of rotatable bonds is 9. The third-order valence-electron chi connectivity index (χ3n) is 11.6. The third kappa shape index (κ3) is 5.59. The van der Waals surface area contributed by atoms with E-state index in [1.54, 1.807) is 0 Å². The van der Waals surface area contributed by atoms with Gasteiger partial charge in [0.15, 0.2) is 0 Å². The summed E-state index contributed by atoms with van der Waals surface area (Å²) in [5.41, 5.74) is 2.18. The predicted octanol–water partition coefficient (Wildman–Crippen LogP) is 8.22. The Hall–Kier alpha value is -1.58. The largest absolute Gasteiger partial charge is 0.481 e. The fourth-order valence-electron chi connectivity index (χ4n) is 9.37. The predicted molar refractivity (Wildman–Crippen MR) is 149 cm³/mol. The minimum Gasteiger partial charge on any atom is -0.481 e. The highest BCUT2D eigenvalue weighted by Crippen LogP contribution is 2.67. The van der Waals surface area contributed by atoms with Crippen molar-refractivity contribution in [2.45, 2.75) is 118 Å². The molecule has 1 N–H and O–H groups in total. The van der Waals surface area contributed by atoms with Crippen molar-refractivity contribution in [2.24, 2.45) is 52.3 Å². The minimum absolute atomic E-state index is 0.0293. The van der Waals surface area contributed by atoms with Gasteiger partial charge < -0.3 is 9.84 Å². The fourth-order valence-corrected chi connectivity index (χ4v) is 9.37. The van der Waals surface area contributed by atoms with Crippen LogP contribution in [0, 0.1) is 52.3 Å². The zero-order valence-electron chi connectivity index (χ0n) is 24.3. The van der Waals surface area contributed by atoms with E-state index in [0.29, 0.717) is 23.2 Å². The second kappa shape index (κ2) is 11.3. The van der Waals surface area contributed by atoms with Gasteiger partial charge in [-0.2, -0.15) is 0 Å². The van der Waals surface area contributed by atoms with E-state index in [2.05, 4.69) is 59.8 Å². The molecule has 208 valence electrons. The van der Waals surface area contributed by atoms with E-state index in [0.717, 1.165) is 42.9 Å². The van der Waals surface area contributed by atoms with E-state index >= 15 is 0 Å². The summed E-state index contributed by atoms with van der Waals surface area (Å²) in [5, 5.41) is 8.85. The molecule has 0 saturated heterocycles. The molecule has 0 spiro atoms. The molecule has 0 bridgehead atoms. The second-order valence-corrected chi connectivity index (χ2v) is 13.8. The van der Waals surface area contributed by atoms with Crippen molar-refractivity contribution in [3.8, 4) is 0 Å². The summed E-state index contributed by atoms with van der Waals surface area (Å²) >= 11 is 0. The van der Waals surface area contributed by atoms with Crippen LogP contribution in [0.15, 0.2) is 23.8 Å².